The number of aromatic nitrogens is 2. The molecule has 0 atom stereocenters. The fraction of sp³-hybridized carbons (Fsp3) is 0.222. The predicted molar refractivity (Wildman–Crippen MR) is 88.2 cm³/mol. The van der Waals surface area contributed by atoms with Gasteiger partial charge in [-0.05, 0) is 35.7 Å². The molecule has 0 aliphatic carbocycles. The van der Waals surface area contributed by atoms with Gasteiger partial charge in [0.05, 0.1) is 0 Å². The SMILES string of the molecule is Cc1c(C(F)F)nn(C(=O)NCc2cccc3ccccc23)c1C. The number of alkyl halides is 2. The number of carbonyl (C=O) groups excluding carboxylic acids is 1. The fourth-order valence-electron chi connectivity index (χ4n) is 2.70. The molecular formula is C18H17F2N3O. The second kappa shape index (κ2) is 6.39. The van der Waals surface area contributed by atoms with Crippen molar-refractivity contribution >= 4 is 16.8 Å². The van der Waals surface area contributed by atoms with Crippen molar-refractivity contribution in [1.82, 2.24) is 15.1 Å². The third-order valence-electron chi connectivity index (χ3n) is 4.16. The first-order valence-corrected chi connectivity index (χ1v) is 7.58. The molecule has 24 heavy (non-hydrogen) atoms. The molecule has 0 spiro atoms. The molecule has 1 N–H and O–H groups in total. The van der Waals surface area contributed by atoms with E-state index < -0.39 is 12.5 Å². The topological polar surface area (TPSA) is 46.9 Å². The Morgan fingerprint density at radius 2 is 1.88 bits per heavy atom. The summed E-state index contributed by atoms with van der Waals surface area (Å²) in [5.41, 5.74) is 1.36. The minimum Gasteiger partial charge on any atom is -0.332 e. The Labute approximate surface area is 138 Å². The van der Waals surface area contributed by atoms with E-state index in [2.05, 4.69) is 10.4 Å². The van der Waals surface area contributed by atoms with E-state index in [0.29, 0.717) is 17.8 Å². The molecule has 0 saturated heterocycles. The van der Waals surface area contributed by atoms with Crippen LogP contribution in [0.4, 0.5) is 13.6 Å². The van der Waals surface area contributed by atoms with E-state index in [1.54, 1.807) is 6.92 Å². The Kier molecular flexibility index (Phi) is 4.29. The van der Waals surface area contributed by atoms with Crippen LogP contribution in [0, 0.1) is 13.8 Å². The van der Waals surface area contributed by atoms with E-state index in [4.69, 9.17) is 0 Å². The van der Waals surface area contributed by atoms with Gasteiger partial charge >= 0.3 is 6.03 Å². The van der Waals surface area contributed by atoms with Gasteiger partial charge in [-0.25, -0.2) is 13.6 Å². The first-order chi connectivity index (χ1) is 11.5. The van der Waals surface area contributed by atoms with E-state index in [1.807, 2.05) is 42.5 Å². The predicted octanol–water partition coefficient (Wildman–Crippen LogP) is 4.35. The summed E-state index contributed by atoms with van der Waals surface area (Å²) < 4.78 is 26.8. The van der Waals surface area contributed by atoms with Crippen LogP contribution in [0.1, 0.15) is 28.9 Å². The first kappa shape index (κ1) is 16.1. The lowest BCUT2D eigenvalue weighted by molar-refractivity contribution is 0.144. The lowest BCUT2D eigenvalue weighted by Crippen LogP contribution is -2.29. The molecular weight excluding hydrogens is 312 g/mol. The van der Waals surface area contributed by atoms with Crippen LogP contribution in [0.25, 0.3) is 10.8 Å². The van der Waals surface area contributed by atoms with E-state index >= 15 is 0 Å². The van der Waals surface area contributed by atoms with Gasteiger partial charge in [-0.3, -0.25) is 0 Å². The molecule has 1 aromatic heterocycles. The molecule has 2 aromatic carbocycles. The van der Waals surface area contributed by atoms with Crippen LogP contribution >= 0.6 is 0 Å². The van der Waals surface area contributed by atoms with Crippen LogP contribution in [0.2, 0.25) is 0 Å². The summed E-state index contributed by atoms with van der Waals surface area (Å²) in [6, 6.07) is 13.2. The number of fused-ring (bicyclic) bond motifs is 1. The Balaban J connectivity index is 1.82. The largest absolute Gasteiger partial charge is 0.342 e. The minimum absolute atomic E-state index is 0.294. The van der Waals surface area contributed by atoms with Crippen molar-refractivity contribution in [3.63, 3.8) is 0 Å². The zero-order valence-electron chi connectivity index (χ0n) is 13.4. The number of carbonyl (C=O) groups is 1. The smallest absolute Gasteiger partial charge is 0.332 e. The summed E-state index contributed by atoms with van der Waals surface area (Å²) in [7, 11) is 0. The van der Waals surface area contributed by atoms with Gasteiger partial charge in [0.2, 0.25) is 0 Å². The zero-order chi connectivity index (χ0) is 17.3. The Bertz CT molecular complexity index is 897. The summed E-state index contributed by atoms with van der Waals surface area (Å²) >= 11 is 0. The van der Waals surface area contributed by atoms with Gasteiger partial charge in [0, 0.05) is 12.2 Å². The number of hydrogen-bond donors (Lipinski definition) is 1. The van der Waals surface area contributed by atoms with Crippen molar-refractivity contribution in [3.05, 3.63) is 65.0 Å². The molecule has 4 nitrogen and oxygen atoms in total. The molecule has 1 amide bonds. The maximum atomic E-state index is 12.9. The van der Waals surface area contributed by atoms with Crippen molar-refractivity contribution < 1.29 is 13.6 Å². The van der Waals surface area contributed by atoms with Crippen LogP contribution in [0.5, 0.6) is 0 Å². The quantitative estimate of drug-likeness (QED) is 0.776. The molecule has 3 rings (SSSR count). The Morgan fingerprint density at radius 3 is 2.58 bits per heavy atom. The molecule has 0 radical (unpaired) electrons. The molecule has 0 unspecified atom stereocenters. The highest BCUT2D eigenvalue weighted by Gasteiger charge is 2.21. The summed E-state index contributed by atoms with van der Waals surface area (Å²) in [5.74, 6) is 0. The highest BCUT2D eigenvalue weighted by molar-refractivity contribution is 5.86. The van der Waals surface area contributed by atoms with Crippen molar-refractivity contribution in [1.29, 1.82) is 0 Å². The molecule has 6 heteroatoms. The fourth-order valence-corrected chi connectivity index (χ4v) is 2.70. The normalized spacial score (nSPS) is 11.2. The number of halogens is 2. The number of nitrogens with zero attached hydrogens (tertiary/aromatic N) is 2. The number of nitrogens with one attached hydrogen (secondary N) is 1. The molecule has 124 valence electrons. The number of hydrogen-bond acceptors (Lipinski definition) is 2. The van der Waals surface area contributed by atoms with Gasteiger partial charge in [0.1, 0.15) is 5.69 Å². The van der Waals surface area contributed by atoms with Gasteiger partial charge < -0.3 is 5.32 Å². The molecule has 0 saturated carbocycles. The summed E-state index contributed by atoms with van der Waals surface area (Å²) in [5, 5.41) is 8.60. The third-order valence-corrected chi connectivity index (χ3v) is 4.16. The Morgan fingerprint density at radius 1 is 1.17 bits per heavy atom. The summed E-state index contributed by atoms with van der Waals surface area (Å²) in [4.78, 5) is 12.3. The van der Waals surface area contributed by atoms with Gasteiger partial charge in [-0.15, -0.1) is 0 Å². The monoisotopic (exact) mass is 329 g/mol. The van der Waals surface area contributed by atoms with Crippen molar-refractivity contribution in [2.45, 2.75) is 26.8 Å². The first-order valence-electron chi connectivity index (χ1n) is 7.58. The summed E-state index contributed by atoms with van der Waals surface area (Å²) in [6.45, 7) is 3.44. The van der Waals surface area contributed by atoms with Crippen molar-refractivity contribution in [2.75, 3.05) is 0 Å². The molecule has 0 aliphatic rings. The Hall–Kier alpha value is -2.76. The van der Waals surface area contributed by atoms with E-state index in [0.717, 1.165) is 21.0 Å². The molecule has 0 fully saturated rings. The van der Waals surface area contributed by atoms with Gasteiger partial charge in [0.25, 0.3) is 6.43 Å². The second-order valence-corrected chi connectivity index (χ2v) is 5.61. The lowest BCUT2D eigenvalue weighted by atomic mass is 10.0. The molecule has 3 aromatic rings. The van der Waals surface area contributed by atoms with Crippen molar-refractivity contribution in [3.8, 4) is 0 Å². The average molecular weight is 329 g/mol. The van der Waals surface area contributed by atoms with Gasteiger partial charge in [0.15, 0.2) is 0 Å². The van der Waals surface area contributed by atoms with Gasteiger partial charge in [-0.1, -0.05) is 42.5 Å². The third kappa shape index (κ3) is 2.87. The maximum Gasteiger partial charge on any atom is 0.342 e. The highest BCUT2D eigenvalue weighted by atomic mass is 19.3. The van der Waals surface area contributed by atoms with Crippen LogP contribution in [-0.4, -0.2) is 15.8 Å². The zero-order valence-corrected chi connectivity index (χ0v) is 13.4. The van der Waals surface area contributed by atoms with Crippen molar-refractivity contribution in [2.24, 2.45) is 0 Å². The summed E-state index contributed by atoms with van der Waals surface area (Å²) in [6.07, 6.45) is -2.70. The van der Waals surface area contributed by atoms with Crippen LogP contribution < -0.4 is 5.32 Å². The lowest BCUT2D eigenvalue weighted by Gasteiger charge is -2.09. The minimum atomic E-state index is -2.70. The highest BCUT2D eigenvalue weighted by Crippen LogP contribution is 2.23. The number of benzene rings is 2. The van der Waals surface area contributed by atoms with Gasteiger partial charge in [-0.2, -0.15) is 9.78 Å². The number of rotatable bonds is 3. The molecule has 0 bridgehead atoms. The standard InChI is InChI=1S/C18H17F2N3O/c1-11-12(2)23(22-16(11)17(19)20)18(24)21-10-14-8-5-7-13-6-3-4-9-15(13)14/h3-9,17H,10H2,1-2H3,(H,21,24). The van der Waals surface area contributed by atoms with E-state index in [9.17, 15) is 13.6 Å². The molecule has 1 heterocycles. The second-order valence-electron chi connectivity index (χ2n) is 5.61. The number of amides is 1. The molecule has 0 aliphatic heterocycles. The van der Waals surface area contributed by atoms with Crippen LogP contribution in [0.3, 0.4) is 0 Å². The maximum absolute atomic E-state index is 12.9. The van der Waals surface area contributed by atoms with Crippen LogP contribution in [0.15, 0.2) is 42.5 Å². The average Bonchev–Trinajstić information content (AvgIpc) is 2.88. The van der Waals surface area contributed by atoms with E-state index in [1.165, 1.54) is 6.92 Å². The van der Waals surface area contributed by atoms with E-state index in [-0.39, 0.29) is 5.69 Å². The van der Waals surface area contributed by atoms with Crippen LogP contribution in [-0.2, 0) is 6.54 Å².